The highest BCUT2D eigenvalue weighted by atomic mass is 79.9. The van der Waals surface area contributed by atoms with E-state index in [4.69, 9.17) is 23.2 Å². The second kappa shape index (κ2) is 5.09. The molecule has 0 atom stereocenters. The van der Waals surface area contributed by atoms with E-state index in [9.17, 15) is 14.0 Å². The van der Waals surface area contributed by atoms with Crippen molar-refractivity contribution in [1.82, 2.24) is 0 Å². The lowest BCUT2D eigenvalue weighted by Gasteiger charge is -2.17. The van der Waals surface area contributed by atoms with Gasteiger partial charge in [-0.15, -0.1) is 0 Å². The molecule has 1 heterocycles. The number of rotatable bonds is 1. The molecule has 1 aliphatic rings. The number of hydrogen-bond acceptors (Lipinski definition) is 2. The molecule has 0 fully saturated rings. The Balaban J connectivity index is 2.21. The molecule has 0 N–H and O–H groups in total. The molecule has 106 valence electrons. The van der Waals surface area contributed by atoms with Crippen molar-refractivity contribution in [2.24, 2.45) is 0 Å². The van der Waals surface area contributed by atoms with Gasteiger partial charge in [0.1, 0.15) is 0 Å². The van der Waals surface area contributed by atoms with E-state index in [-0.39, 0.29) is 31.3 Å². The molecule has 3 rings (SSSR count). The maximum Gasteiger partial charge on any atom is 0.266 e. The zero-order valence-corrected chi connectivity index (χ0v) is 13.3. The van der Waals surface area contributed by atoms with E-state index in [1.807, 2.05) is 0 Å². The van der Waals surface area contributed by atoms with Crippen molar-refractivity contribution in [3.8, 4) is 0 Å². The third-order valence-electron chi connectivity index (χ3n) is 3.12. The number of fused-ring (bicyclic) bond motifs is 1. The van der Waals surface area contributed by atoms with Crippen LogP contribution in [0.15, 0.2) is 34.8 Å². The number of anilines is 1. The van der Waals surface area contributed by atoms with Gasteiger partial charge in [0.05, 0.1) is 31.3 Å². The highest BCUT2D eigenvalue weighted by Gasteiger charge is 2.38. The normalized spacial score (nSPS) is 13.8. The van der Waals surface area contributed by atoms with Crippen LogP contribution >= 0.6 is 39.1 Å². The van der Waals surface area contributed by atoms with Gasteiger partial charge in [0.2, 0.25) is 0 Å². The van der Waals surface area contributed by atoms with Crippen LogP contribution in [0.4, 0.5) is 10.1 Å². The summed E-state index contributed by atoms with van der Waals surface area (Å²) in [4.78, 5) is 25.7. The Bertz CT molecular complexity index is 775. The molecule has 2 amide bonds. The molecule has 1 aliphatic heterocycles. The lowest BCUT2D eigenvalue weighted by molar-refractivity contribution is 0.0926. The summed E-state index contributed by atoms with van der Waals surface area (Å²) in [5, 5.41) is -0.552. The summed E-state index contributed by atoms with van der Waals surface area (Å²) in [6.07, 6.45) is 0. The minimum absolute atomic E-state index is 0.0978. The monoisotopic (exact) mass is 387 g/mol. The number of imide groups is 1. The number of benzene rings is 2. The molecular formula is C14H5BrCl2FNO2. The number of hydrogen-bond donors (Lipinski definition) is 0. The lowest BCUT2D eigenvalue weighted by atomic mass is 10.1. The van der Waals surface area contributed by atoms with Gasteiger partial charge >= 0.3 is 0 Å². The quantitative estimate of drug-likeness (QED) is 0.403. The molecule has 0 radical (unpaired) electrons. The SMILES string of the molecule is O=C1c2ccccc2C(=O)N1c1cc(Cl)c(F)c(Cl)c1Br. The second-order valence-electron chi connectivity index (χ2n) is 4.31. The van der Waals surface area contributed by atoms with E-state index in [0.29, 0.717) is 0 Å². The fourth-order valence-corrected chi connectivity index (χ4v) is 3.04. The molecule has 0 spiro atoms. The third kappa shape index (κ3) is 2.08. The van der Waals surface area contributed by atoms with Crippen molar-refractivity contribution in [2.75, 3.05) is 4.90 Å². The van der Waals surface area contributed by atoms with Gasteiger partial charge in [-0.2, -0.15) is 0 Å². The lowest BCUT2D eigenvalue weighted by Crippen LogP contribution is -2.29. The molecule has 0 aromatic heterocycles. The molecule has 2 aromatic rings. The molecular weight excluding hydrogens is 384 g/mol. The fourth-order valence-electron chi connectivity index (χ4n) is 2.13. The van der Waals surface area contributed by atoms with Gasteiger partial charge in [0, 0.05) is 0 Å². The van der Waals surface area contributed by atoms with Crippen molar-refractivity contribution in [3.05, 3.63) is 61.8 Å². The van der Waals surface area contributed by atoms with Crippen LogP contribution in [-0.4, -0.2) is 11.8 Å². The molecule has 3 nitrogen and oxygen atoms in total. The van der Waals surface area contributed by atoms with Crippen molar-refractivity contribution >= 4 is 56.6 Å². The minimum Gasteiger partial charge on any atom is -0.268 e. The number of halogens is 4. The fraction of sp³-hybridized carbons (Fsp3) is 0. The summed E-state index contributed by atoms with van der Waals surface area (Å²) in [7, 11) is 0. The molecule has 0 aliphatic carbocycles. The Hall–Kier alpha value is -1.43. The van der Waals surface area contributed by atoms with Crippen LogP contribution in [0.2, 0.25) is 10.0 Å². The average Bonchev–Trinajstić information content (AvgIpc) is 2.73. The van der Waals surface area contributed by atoms with Crippen LogP contribution in [0.25, 0.3) is 0 Å². The summed E-state index contributed by atoms with van der Waals surface area (Å²) in [5.41, 5.74) is 0.675. The Morgan fingerprint density at radius 3 is 2.10 bits per heavy atom. The highest BCUT2D eigenvalue weighted by molar-refractivity contribution is 9.10. The van der Waals surface area contributed by atoms with Crippen LogP contribution in [0.3, 0.4) is 0 Å². The van der Waals surface area contributed by atoms with Gasteiger partial charge in [-0.3, -0.25) is 9.59 Å². The van der Waals surface area contributed by atoms with Gasteiger partial charge in [-0.1, -0.05) is 35.3 Å². The number of carbonyl (C=O) groups is 2. The van der Waals surface area contributed by atoms with Crippen LogP contribution in [0, 0.1) is 5.82 Å². The van der Waals surface area contributed by atoms with Gasteiger partial charge in [0.25, 0.3) is 11.8 Å². The second-order valence-corrected chi connectivity index (χ2v) is 5.89. The van der Waals surface area contributed by atoms with E-state index in [2.05, 4.69) is 15.9 Å². The topological polar surface area (TPSA) is 37.4 Å². The number of nitrogens with zero attached hydrogens (tertiary/aromatic N) is 1. The van der Waals surface area contributed by atoms with Crippen molar-refractivity contribution < 1.29 is 14.0 Å². The van der Waals surface area contributed by atoms with Crippen molar-refractivity contribution in [2.45, 2.75) is 0 Å². The summed E-state index contributed by atoms with van der Waals surface area (Å²) in [6.45, 7) is 0. The molecule has 0 bridgehead atoms. The van der Waals surface area contributed by atoms with E-state index in [1.54, 1.807) is 24.3 Å². The van der Waals surface area contributed by atoms with Crippen LogP contribution in [0.5, 0.6) is 0 Å². The Labute approximate surface area is 137 Å². The van der Waals surface area contributed by atoms with Crippen LogP contribution < -0.4 is 4.90 Å². The molecule has 0 saturated carbocycles. The Morgan fingerprint density at radius 2 is 1.57 bits per heavy atom. The minimum atomic E-state index is -0.814. The zero-order chi connectivity index (χ0) is 15.3. The smallest absolute Gasteiger partial charge is 0.266 e. The van der Waals surface area contributed by atoms with E-state index >= 15 is 0 Å². The maximum atomic E-state index is 13.6. The summed E-state index contributed by atoms with van der Waals surface area (Å²) in [6, 6.07) is 7.61. The predicted molar refractivity (Wildman–Crippen MR) is 81.7 cm³/mol. The van der Waals surface area contributed by atoms with E-state index in [1.165, 1.54) is 6.07 Å². The Morgan fingerprint density at radius 1 is 1.05 bits per heavy atom. The average molecular weight is 389 g/mol. The van der Waals surface area contributed by atoms with Crippen molar-refractivity contribution in [1.29, 1.82) is 0 Å². The number of carbonyl (C=O) groups excluding carboxylic acids is 2. The van der Waals surface area contributed by atoms with Crippen LogP contribution in [-0.2, 0) is 0 Å². The van der Waals surface area contributed by atoms with Gasteiger partial charge in [-0.05, 0) is 34.1 Å². The summed E-state index contributed by atoms with van der Waals surface area (Å²) in [5.74, 6) is -1.82. The Kier molecular flexibility index (Phi) is 3.51. The first-order chi connectivity index (χ1) is 9.93. The molecule has 7 heteroatoms. The molecule has 0 unspecified atom stereocenters. The maximum absolute atomic E-state index is 13.6. The summed E-state index contributed by atoms with van der Waals surface area (Å²) < 4.78 is 13.7. The number of amides is 2. The van der Waals surface area contributed by atoms with Gasteiger partial charge < -0.3 is 0 Å². The first-order valence-electron chi connectivity index (χ1n) is 5.74. The highest BCUT2D eigenvalue weighted by Crippen LogP contribution is 2.41. The largest absolute Gasteiger partial charge is 0.268 e. The van der Waals surface area contributed by atoms with E-state index in [0.717, 1.165) is 4.90 Å². The predicted octanol–water partition coefficient (Wildman–Crippen LogP) is 4.70. The first kappa shape index (κ1) is 14.5. The van der Waals surface area contributed by atoms with Gasteiger partial charge in [0.15, 0.2) is 5.82 Å². The molecule has 0 saturated heterocycles. The molecule has 2 aromatic carbocycles. The molecule has 21 heavy (non-hydrogen) atoms. The van der Waals surface area contributed by atoms with E-state index < -0.39 is 17.6 Å². The summed E-state index contributed by atoms with van der Waals surface area (Å²) >= 11 is 14.7. The van der Waals surface area contributed by atoms with Gasteiger partial charge in [-0.25, -0.2) is 9.29 Å². The third-order valence-corrected chi connectivity index (χ3v) is 4.78. The first-order valence-corrected chi connectivity index (χ1v) is 7.29. The van der Waals surface area contributed by atoms with Crippen LogP contribution in [0.1, 0.15) is 20.7 Å². The van der Waals surface area contributed by atoms with Crippen molar-refractivity contribution in [3.63, 3.8) is 0 Å². The zero-order valence-electron chi connectivity index (χ0n) is 10.2. The standard InChI is InChI=1S/C14H5BrCl2FNO2/c15-10-9(5-8(16)12(18)11(10)17)19-13(20)6-3-1-2-4-7(6)14(19)21/h1-5H.